The molecule has 0 amide bonds. The van der Waals surface area contributed by atoms with Crippen molar-refractivity contribution in [1.82, 2.24) is 4.72 Å². The third kappa shape index (κ3) is 5.22. The quantitative estimate of drug-likeness (QED) is 0.487. The molecule has 0 aromatic heterocycles. The fourth-order valence-corrected chi connectivity index (χ4v) is 4.16. The minimum Gasteiger partial charge on any atom is -0.497 e. The van der Waals surface area contributed by atoms with Crippen molar-refractivity contribution in [1.29, 1.82) is 0 Å². The molecule has 1 atom stereocenters. The zero-order chi connectivity index (χ0) is 22.5. The summed E-state index contributed by atoms with van der Waals surface area (Å²) in [5, 5.41) is 12.3. The molecule has 31 heavy (non-hydrogen) atoms. The van der Waals surface area contributed by atoms with Crippen LogP contribution in [0.25, 0.3) is 16.8 Å². The second-order valence-electron chi connectivity index (χ2n) is 6.79. The van der Waals surface area contributed by atoms with Gasteiger partial charge in [-0.2, -0.15) is 4.72 Å². The van der Waals surface area contributed by atoms with Gasteiger partial charge in [0.05, 0.1) is 7.11 Å². The first-order valence-corrected chi connectivity index (χ1v) is 11.1. The van der Waals surface area contributed by atoms with Crippen LogP contribution in [0.15, 0.2) is 72.1 Å². The van der Waals surface area contributed by atoms with Gasteiger partial charge in [0.1, 0.15) is 11.5 Å². The number of carboxylic acids is 1. The highest BCUT2D eigenvalue weighted by Gasteiger charge is 2.43. The Morgan fingerprint density at radius 1 is 1.06 bits per heavy atom. The van der Waals surface area contributed by atoms with Gasteiger partial charge in [-0.25, -0.2) is 13.2 Å². The molecule has 3 aromatic rings. The lowest BCUT2D eigenvalue weighted by atomic mass is 10.1. The fraction of sp³-hybridized carbons (Fsp3) is 0.174. The number of carboxylic acid groups (broad SMARTS) is 1. The Balaban J connectivity index is 1.90. The molecule has 3 rings (SSSR count). The number of ether oxygens (including phenoxy) is 2. The molecule has 0 fully saturated rings. The minimum absolute atomic E-state index is 0.138. The summed E-state index contributed by atoms with van der Waals surface area (Å²) in [5.41, 5.74) is -1.56. The second kappa shape index (κ2) is 9.20. The summed E-state index contributed by atoms with van der Waals surface area (Å²) >= 11 is 0. The van der Waals surface area contributed by atoms with Crippen LogP contribution in [0.2, 0.25) is 0 Å². The molecular formula is C23H23NO6S. The van der Waals surface area contributed by atoms with Crippen LogP contribution in [0, 0.1) is 0 Å². The number of nitrogens with one attached hydrogen (secondary N) is 1. The Kier molecular flexibility index (Phi) is 6.62. The predicted molar refractivity (Wildman–Crippen MR) is 119 cm³/mol. The molecule has 0 saturated carbocycles. The van der Waals surface area contributed by atoms with E-state index < -0.39 is 21.7 Å². The molecule has 3 aromatic carbocycles. The molecule has 0 aliphatic carbocycles. The number of carbonyl (C=O) groups is 1. The Bertz CT molecular complexity index is 1200. The summed E-state index contributed by atoms with van der Waals surface area (Å²) < 4.78 is 38.5. The maximum Gasteiger partial charge on any atom is 0.364 e. The maximum atomic E-state index is 12.7. The van der Waals surface area contributed by atoms with Gasteiger partial charge in [0.15, 0.2) is 0 Å². The van der Waals surface area contributed by atoms with Crippen molar-refractivity contribution < 1.29 is 27.8 Å². The summed E-state index contributed by atoms with van der Waals surface area (Å²) in [4.78, 5) is 12.1. The van der Waals surface area contributed by atoms with Gasteiger partial charge in [-0.3, -0.25) is 0 Å². The first-order valence-electron chi connectivity index (χ1n) is 9.55. The molecule has 0 bridgehead atoms. The lowest BCUT2D eigenvalue weighted by Gasteiger charge is -2.29. The van der Waals surface area contributed by atoms with E-state index in [0.717, 1.165) is 10.8 Å². The van der Waals surface area contributed by atoms with Crippen LogP contribution in [0.5, 0.6) is 11.5 Å². The van der Waals surface area contributed by atoms with Crippen LogP contribution in [-0.2, 0) is 14.8 Å². The van der Waals surface area contributed by atoms with E-state index >= 15 is 0 Å². The number of aliphatic carboxylic acids is 1. The molecule has 1 unspecified atom stereocenters. The molecule has 2 N–H and O–H groups in total. The molecular weight excluding hydrogens is 418 g/mol. The van der Waals surface area contributed by atoms with E-state index in [-0.39, 0.29) is 12.2 Å². The summed E-state index contributed by atoms with van der Waals surface area (Å²) in [7, 11) is -2.62. The van der Waals surface area contributed by atoms with Crippen molar-refractivity contribution in [3.05, 3.63) is 77.7 Å². The molecule has 8 heteroatoms. The van der Waals surface area contributed by atoms with E-state index in [0.29, 0.717) is 16.7 Å². The topological polar surface area (TPSA) is 102 Å². The Morgan fingerprint density at radius 3 is 2.39 bits per heavy atom. The van der Waals surface area contributed by atoms with E-state index in [1.54, 1.807) is 48.5 Å². The van der Waals surface area contributed by atoms with E-state index in [1.165, 1.54) is 20.1 Å². The SMILES string of the molecule is CCC(NS(=O)(=O)C=Cc1ccc(OC)cc1)(Oc1cccc2ccccc12)C(=O)O. The largest absolute Gasteiger partial charge is 0.497 e. The fourth-order valence-electron chi connectivity index (χ4n) is 3.02. The van der Waals surface area contributed by atoms with Gasteiger partial charge in [0.2, 0.25) is 10.0 Å². The number of sulfonamides is 1. The van der Waals surface area contributed by atoms with Crippen molar-refractivity contribution in [3.63, 3.8) is 0 Å². The lowest BCUT2D eigenvalue weighted by Crippen LogP contribution is -2.57. The van der Waals surface area contributed by atoms with Gasteiger partial charge < -0.3 is 14.6 Å². The molecule has 0 heterocycles. The average Bonchev–Trinajstić information content (AvgIpc) is 2.77. The van der Waals surface area contributed by atoms with Gasteiger partial charge in [0, 0.05) is 17.2 Å². The summed E-state index contributed by atoms with van der Waals surface area (Å²) in [6, 6.07) is 19.2. The van der Waals surface area contributed by atoms with Gasteiger partial charge in [0.25, 0.3) is 5.72 Å². The van der Waals surface area contributed by atoms with E-state index in [1.807, 2.05) is 18.2 Å². The highest BCUT2D eigenvalue weighted by Crippen LogP contribution is 2.29. The lowest BCUT2D eigenvalue weighted by molar-refractivity contribution is -0.156. The van der Waals surface area contributed by atoms with Crippen LogP contribution in [0.1, 0.15) is 18.9 Å². The molecule has 0 saturated heterocycles. The number of fused-ring (bicyclic) bond motifs is 1. The van der Waals surface area contributed by atoms with Crippen molar-refractivity contribution in [2.24, 2.45) is 0 Å². The van der Waals surface area contributed by atoms with Crippen molar-refractivity contribution in [3.8, 4) is 11.5 Å². The third-order valence-electron chi connectivity index (χ3n) is 4.74. The predicted octanol–water partition coefficient (Wildman–Crippen LogP) is 4.01. The zero-order valence-electron chi connectivity index (χ0n) is 17.1. The van der Waals surface area contributed by atoms with E-state index in [4.69, 9.17) is 9.47 Å². The summed E-state index contributed by atoms with van der Waals surface area (Å²) in [5.74, 6) is -0.536. The standard InChI is InChI=1S/C23H23NO6S/c1-3-23(22(25)26,30-21-10-6-8-18-7-4-5-9-20(18)21)24-31(27,28)16-15-17-11-13-19(29-2)14-12-17/h4-16,24H,3H2,1-2H3,(H,25,26). The van der Waals surface area contributed by atoms with Gasteiger partial charge in [-0.15, -0.1) is 0 Å². The number of rotatable bonds is 9. The molecule has 0 radical (unpaired) electrons. The van der Waals surface area contributed by atoms with E-state index in [2.05, 4.69) is 4.72 Å². The van der Waals surface area contributed by atoms with Crippen LogP contribution < -0.4 is 14.2 Å². The summed E-state index contributed by atoms with van der Waals surface area (Å²) in [6.07, 6.45) is 1.23. The van der Waals surface area contributed by atoms with Gasteiger partial charge >= 0.3 is 5.97 Å². The first kappa shape index (κ1) is 22.3. The van der Waals surface area contributed by atoms with Crippen LogP contribution in [0.4, 0.5) is 0 Å². The summed E-state index contributed by atoms with van der Waals surface area (Å²) in [6.45, 7) is 1.54. The minimum atomic E-state index is -4.15. The van der Waals surface area contributed by atoms with Gasteiger partial charge in [-0.1, -0.05) is 55.5 Å². The maximum absolute atomic E-state index is 12.7. The molecule has 0 aliphatic rings. The number of hydrogen-bond donors (Lipinski definition) is 2. The molecule has 7 nitrogen and oxygen atoms in total. The Labute approximate surface area is 181 Å². The number of methoxy groups -OCH3 is 1. The van der Waals surface area contributed by atoms with Crippen molar-refractivity contribution >= 4 is 32.8 Å². The second-order valence-corrected chi connectivity index (χ2v) is 8.35. The van der Waals surface area contributed by atoms with Crippen LogP contribution >= 0.6 is 0 Å². The number of hydrogen-bond acceptors (Lipinski definition) is 5. The van der Waals surface area contributed by atoms with Crippen LogP contribution in [0.3, 0.4) is 0 Å². The van der Waals surface area contributed by atoms with Crippen LogP contribution in [-0.4, -0.2) is 32.3 Å². The molecule has 0 aliphatic heterocycles. The highest BCUT2D eigenvalue weighted by atomic mass is 32.2. The smallest absolute Gasteiger partial charge is 0.364 e. The van der Waals surface area contributed by atoms with Crippen molar-refractivity contribution in [2.75, 3.05) is 7.11 Å². The Hall–Kier alpha value is -3.36. The number of benzene rings is 3. The first-order chi connectivity index (χ1) is 14.8. The highest BCUT2D eigenvalue weighted by molar-refractivity contribution is 7.92. The molecule has 0 spiro atoms. The molecule has 162 valence electrons. The Morgan fingerprint density at radius 2 is 1.74 bits per heavy atom. The average molecular weight is 442 g/mol. The van der Waals surface area contributed by atoms with E-state index in [9.17, 15) is 18.3 Å². The van der Waals surface area contributed by atoms with Crippen molar-refractivity contribution in [2.45, 2.75) is 19.1 Å². The third-order valence-corrected chi connectivity index (χ3v) is 5.85. The zero-order valence-corrected chi connectivity index (χ0v) is 17.9. The normalized spacial score (nSPS) is 13.7. The van der Waals surface area contributed by atoms with Gasteiger partial charge in [-0.05, 0) is 35.2 Å². The monoisotopic (exact) mass is 441 g/mol.